The molecule has 0 bridgehead atoms. The van der Waals surface area contributed by atoms with Gasteiger partial charge in [-0.15, -0.1) is 0 Å². The fraction of sp³-hybridized carbons (Fsp3) is 0.659. The summed E-state index contributed by atoms with van der Waals surface area (Å²) in [7, 11) is 0. The second kappa shape index (κ2) is 26.1. The predicted molar refractivity (Wildman–Crippen MR) is 225 cm³/mol. The van der Waals surface area contributed by atoms with Gasteiger partial charge in [-0.2, -0.15) is 4.98 Å². The number of ether oxygens (including phenoxy) is 6. The van der Waals surface area contributed by atoms with E-state index in [-0.39, 0.29) is 18.3 Å². The first-order valence-electron chi connectivity index (χ1n) is 20.9. The molecule has 2 aliphatic heterocycles. The van der Waals surface area contributed by atoms with Gasteiger partial charge in [-0.1, -0.05) is 42.7 Å². The molecule has 0 unspecified atom stereocenters. The quantitative estimate of drug-likeness (QED) is 0.0356. The molecule has 3 aromatic rings. The number of amides is 1. The van der Waals surface area contributed by atoms with Crippen molar-refractivity contribution in [2.75, 3.05) is 143 Å². The molecule has 18 heteroatoms. The number of hydrogen-bond donors (Lipinski definition) is 3. The Labute approximate surface area is 347 Å². The summed E-state index contributed by atoms with van der Waals surface area (Å²) in [6.07, 6.45) is 3.17. The molecule has 0 radical (unpaired) electrons. The summed E-state index contributed by atoms with van der Waals surface area (Å²) in [6.45, 7) is 15.7. The first-order valence-corrected chi connectivity index (χ1v) is 20.9. The topological polar surface area (TPSA) is 216 Å². The third-order valence-corrected chi connectivity index (χ3v) is 9.97. The molecule has 2 aliphatic rings. The van der Waals surface area contributed by atoms with Crippen molar-refractivity contribution in [3.8, 4) is 0 Å². The maximum atomic E-state index is 11.9. The first kappa shape index (κ1) is 45.8. The van der Waals surface area contributed by atoms with Gasteiger partial charge >= 0.3 is 0 Å². The number of pyridine rings is 1. The van der Waals surface area contributed by atoms with Gasteiger partial charge in [-0.05, 0) is 35.2 Å². The molecule has 5 rings (SSSR count). The molecule has 1 aromatic carbocycles. The van der Waals surface area contributed by atoms with Crippen molar-refractivity contribution in [3.05, 3.63) is 63.7 Å². The van der Waals surface area contributed by atoms with Crippen LogP contribution < -0.4 is 16.4 Å². The largest absolute Gasteiger partial charge is 0.379 e. The Morgan fingerprint density at radius 1 is 0.780 bits per heavy atom. The van der Waals surface area contributed by atoms with Crippen LogP contribution in [0.1, 0.15) is 43.0 Å². The number of anilines is 2. The summed E-state index contributed by atoms with van der Waals surface area (Å²) in [5.74, 6) is 0.873. The van der Waals surface area contributed by atoms with Gasteiger partial charge in [0.2, 0.25) is 11.9 Å². The van der Waals surface area contributed by atoms with Gasteiger partial charge in [-0.25, -0.2) is 9.97 Å². The van der Waals surface area contributed by atoms with Gasteiger partial charge in [0.05, 0.1) is 84.8 Å². The zero-order valence-corrected chi connectivity index (χ0v) is 34.7. The summed E-state index contributed by atoms with van der Waals surface area (Å²) in [5, 5.41) is 9.57. The lowest BCUT2D eigenvalue weighted by atomic mass is 9.72. The summed E-state index contributed by atoms with van der Waals surface area (Å²) in [6, 6.07) is 12.9. The van der Waals surface area contributed by atoms with E-state index in [0.29, 0.717) is 104 Å². The molecule has 1 amide bonds. The number of likely N-dealkylation sites (tertiary alicyclic amines) is 2. The minimum Gasteiger partial charge on any atom is -0.379 e. The van der Waals surface area contributed by atoms with Crippen molar-refractivity contribution in [3.63, 3.8) is 0 Å². The number of hydrogen-bond acceptors (Lipinski definition) is 15. The van der Waals surface area contributed by atoms with Crippen LogP contribution >= 0.6 is 0 Å². The van der Waals surface area contributed by atoms with Crippen LogP contribution in [0.2, 0.25) is 0 Å². The molecule has 0 atom stereocenters. The number of carbonyl (C=O) groups is 1. The molecule has 4 heterocycles. The van der Waals surface area contributed by atoms with E-state index >= 15 is 0 Å². The number of benzene rings is 1. The Bertz CT molecular complexity index is 1720. The number of fused-ring (bicyclic) bond motifs is 1. The lowest BCUT2D eigenvalue weighted by Gasteiger charge is -2.60. The number of aromatic nitrogens is 3. The average Bonchev–Trinajstić information content (AvgIpc) is 3.20. The smallest absolute Gasteiger partial charge is 0.222 e. The lowest BCUT2D eigenvalue weighted by molar-refractivity contribution is -0.123. The Kier molecular flexibility index (Phi) is 20.3. The second-order valence-electron chi connectivity index (χ2n) is 15.0. The van der Waals surface area contributed by atoms with E-state index in [4.69, 9.17) is 44.7 Å². The molecule has 59 heavy (non-hydrogen) atoms. The highest BCUT2D eigenvalue weighted by atomic mass is 16.5. The molecule has 0 saturated carbocycles. The van der Waals surface area contributed by atoms with E-state index in [1.807, 2.05) is 12.1 Å². The van der Waals surface area contributed by atoms with Gasteiger partial charge in [0.25, 0.3) is 0 Å². The maximum Gasteiger partial charge on any atom is 0.222 e. The molecule has 2 fully saturated rings. The Balaban J connectivity index is 0.800. The van der Waals surface area contributed by atoms with E-state index in [9.17, 15) is 4.79 Å². The van der Waals surface area contributed by atoms with Crippen LogP contribution in [-0.2, 0) is 46.2 Å². The fourth-order valence-corrected chi connectivity index (χ4v) is 7.13. The highest BCUT2D eigenvalue weighted by Gasteiger charge is 2.50. The summed E-state index contributed by atoms with van der Waals surface area (Å²) >= 11 is 0. The van der Waals surface area contributed by atoms with E-state index < -0.39 is 0 Å². The van der Waals surface area contributed by atoms with Gasteiger partial charge in [-0.3, -0.25) is 14.6 Å². The van der Waals surface area contributed by atoms with E-state index in [2.05, 4.69) is 71.6 Å². The number of nitrogens with one attached hydrogen (secondary N) is 2. The van der Waals surface area contributed by atoms with Crippen molar-refractivity contribution < 1.29 is 33.2 Å². The lowest BCUT2D eigenvalue weighted by Crippen LogP contribution is -2.71. The van der Waals surface area contributed by atoms with Gasteiger partial charge in [0.1, 0.15) is 5.52 Å². The van der Waals surface area contributed by atoms with Gasteiger partial charge in [0.15, 0.2) is 5.82 Å². The highest BCUT2D eigenvalue weighted by molar-refractivity contribution is 5.86. The standard InChI is InChI=1S/C41H63N11O7/c1-2-3-11-45-39-38-36(48-40(42)49-39)9-8-35(47-38)27-33-4-6-34(7-5-33)28-52-31-41(32-52)29-51(30-41)14-18-57-22-26-59-24-20-55-16-12-44-37(53)10-15-54-19-23-58-25-21-56-17-13-46-50-43/h4-9H,2-3,10-32H2,1H3,(H,44,53)(H3,42,45,48,49). The van der Waals surface area contributed by atoms with Gasteiger partial charge in [0, 0.05) is 87.8 Å². The number of azide groups is 1. The molecule has 1 spiro atoms. The zero-order valence-electron chi connectivity index (χ0n) is 34.7. The molecule has 0 aliphatic carbocycles. The molecular formula is C41H63N11O7. The van der Waals surface area contributed by atoms with Crippen LogP contribution in [0.3, 0.4) is 0 Å². The molecule has 2 saturated heterocycles. The minimum atomic E-state index is -0.0848. The first-order chi connectivity index (χ1) is 28.9. The SMILES string of the molecule is CCCCNc1nc(N)nc2ccc(Cc3ccc(CN4CC5(CN(CCOCCOCCOCCNC(=O)CCOCCOCCOCCN=[N+]=[N-])C5)C4)cc3)nc12. The summed E-state index contributed by atoms with van der Waals surface area (Å²) in [4.78, 5) is 33.3. The van der Waals surface area contributed by atoms with Crippen LogP contribution in [0.5, 0.6) is 0 Å². The van der Waals surface area contributed by atoms with Crippen LogP contribution in [0.25, 0.3) is 21.5 Å². The third-order valence-electron chi connectivity index (χ3n) is 9.97. The van der Waals surface area contributed by atoms with Crippen LogP contribution in [0.4, 0.5) is 11.8 Å². The van der Waals surface area contributed by atoms with E-state index in [0.717, 1.165) is 81.8 Å². The number of nitrogens with two attached hydrogens (primary N) is 1. The van der Waals surface area contributed by atoms with Crippen LogP contribution in [0.15, 0.2) is 41.5 Å². The summed E-state index contributed by atoms with van der Waals surface area (Å²) < 4.78 is 32.9. The number of unbranched alkanes of at least 4 members (excludes halogenated alkanes) is 1. The average molecular weight is 822 g/mol. The van der Waals surface area contributed by atoms with E-state index in [1.165, 1.54) is 11.1 Å². The highest BCUT2D eigenvalue weighted by Crippen LogP contribution is 2.40. The molecule has 4 N–H and O–H groups in total. The summed E-state index contributed by atoms with van der Waals surface area (Å²) in [5.41, 5.74) is 19.6. The molecule has 18 nitrogen and oxygen atoms in total. The van der Waals surface area contributed by atoms with Crippen LogP contribution in [-0.4, -0.2) is 162 Å². The maximum absolute atomic E-state index is 11.9. The normalized spacial score (nSPS) is 14.9. The molecular weight excluding hydrogens is 759 g/mol. The third kappa shape index (κ3) is 16.7. The molecule has 324 valence electrons. The fourth-order valence-electron chi connectivity index (χ4n) is 7.13. The van der Waals surface area contributed by atoms with Crippen molar-refractivity contribution in [1.29, 1.82) is 0 Å². The van der Waals surface area contributed by atoms with Crippen molar-refractivity contribution >= 4 is 28.7 Å². The minimum absolute atomic E-state index is 0.0848. The second-order valence-corrected chi connectivity index (χ2v) is 15.0. The number of nitrogens with zero attached hydrogens (tertiary/aromatic N) is 8. The number of carbonyl (C=O) groups excluding carboxylic acids is 1. The Hall–Kier alpha value is -4.23. The molecule has 2 aromatic heterocycles. The number of rotatable bonds is 32. The van der Waals surface area contributed by atoms with Crippen molar-refractivity contribution in [1.82, 2.24) is 30.1 Å². The zero-order chi connectivity index (χ0) is 41.4. The predicted octanol–water partition coefficient (Wildman–Crippen LogP) is 3.44. The van der Waals surface area contributed by atoms with Gasteiger partial charge < -0.3 is 44.8 Å². The van der Waals surface area contributed by atoms with Crippen molar-refractivity contribution in [2.24, 2.45) is 10.5 Å². The Morgan fingerprint density at radius 3 is 2.10 bits per heavy atom. The Morgan fingerprint density at radius 2 is 1.41 bits per heavy atom. The van der Waals surface area contributed by atoms with E-state index in [1.54, 1.807) is 0 Å². The van der Waals surface area contributed by atoms with Crippen molar-refractivity contribution in [2.45, 2.75) is 39.2 Å². The number of nitrogen functional groups attached to an aromatic ring is 1. The van der Waals surface area contributed by atoms with Crippen LogP contribution in [0, 0.1) is 5.41 Å². The monoisotopic (exact) mass is 821 g/mol.